The average Bonchev–Trinajstić information content (AvgIpc) is 2.19. The van der Waals surface area contributed by atoms with Crippen LogP contribution >= 0.6 is 0 Å². The van der Waals surface area contributed by atoms with Crippen LogP contribution in [0.5, 0.6) is 0 Å². The number of nitriles is 2. The molecule has 76 valence electrons. The summed E-state index contributed by atoms with van der Waals surface area (Å²) in [6, 6.07) is 3.55. The molecular formula is C9H14N4S. The van der Waals surface area contributed by atoms with E-state index in [9.17, 15) is 0 Å². The summed E-state index contributed by atoms with van der Waals surface area (Å²) in [5, 5.41) is 17.2. The highest BCUT2D eigenvalue weighted by Crippen LogP contribution is 2.09. The zero-order valence-electron chi connectivity index (χ0n) is 8.66. The van der Waals surface area contributed by atoms with Crippen LogP contribution in [-0.2, 0) is 9.62 Å². The highest BCUT2D eigenvalue weighted by Gasteiger charge is 2.02. The van der Waals surface area contributed by atoms with Crippen LogP contribution in [0.3, 0.4) is 0 Å². The average molecular weight is 210 g/mol. The molecule has 0 aromatic carbocycles. The van der Waals surface area contributed by atoms with E-state index < -0.39 is 9.62 Å². The summed E-state index contributed by atoms with van der Waals surface area (Å²) in [5.74, 6) is 1.32. The second-order valence-corrected chi connectivity index (χ2v) is 5.72. The van der Waals surface area contributed by atoms with Crippen molar-refractivity contribution in [2.45, 2.75) is 20.8 Å². The first kappa shape index (κ1) is 12.7. The van der Waals surface area contributed by atoms with Gasteiger partial charge in [-0.1, -0.05) is 23.5 Å². The van der Waals surface area contributed by atoms with Crippen LogP contribution in [-0.4, -0.2) is 11.5 Å². The summed E-state index contributed by atoms with van der Waals surface area (Å²) < 4.78 is 12.1. The second kappa shape index (κ2) is 5.41. The lowest BCUT2D eigenvalue weighted by atomic mass is 10.3. The maximum atomic E-state index is 8.60. The van der Waals surface area contributed by atoms with Crippen molar-refractivity contribution in [3.05, 3.63) is 11.3 Å². The van der Waals surface area contributed by atoms with Gasteiger partial charge in [0.15, 0.2) is 5.57 Å². The van der Waals surface area contributed by atoms with E-state index in [-0.39, 0.29) is 5.57 Å². The lowest BCUT2D eigenvalue weighted by molar-refractivity contribution is 1.26. The van der Waals surface area contributed by atoms with Gasteiger partial charge in [-0.3, -0.25) is 4.78 Å². The lowest BCUT2D eigenvalue weighted by Crippen LogP contribution is -2.04. The first-order valence-electron chi connectivity index (χ1n) is 4.30. The monoisotopic (exact) mass is 210 g/mol. The largest absolute Gasteiger partial charge is 0.270 e. The molecule has 0 atom stereocenters. The minimum atomic E-state index is -1.76. The summed E-state index contributed by atoms with van der Waals surface area (Å²) >= 11 is 0. The van der Waals surface area contributed by atoms with Crippen molar-refractivity contribution >= 4 is 9.62 Å². The minimum Gasteiger partial charge on any atom is -0.270 e. The molecule has 0 unspecified atom stereocenters. The van der Waals surface area contributed by atoms with Crippen LogP contribution < -0.4 is 0 Å². The molecule has 0 saturated carbocycles. The fourth-order valence-electron chi connectivity index (χ4n) is 0.828. The van der Waals surface area contributed by atoms with E-state index >= 15 is 0 Å². The van der Waals surface area contributed by atoms with Crippen molar-refractivity contribution in [1.29, 1.82) is 15.3 Å². The lowest BCUT2D eigenvalue weighted by Gasteiger charge is -2.07. The van der Waals surface area contributed by atoms with Crippen LogP contribution in [0, 0.1) is 27.4 Å². The molecular weight excluding hydrogens is 196 g/mol. The number of allylic oxidation sites excluding steroid dienone is 2. The van der Waals surface area contributed by atoms with Crippen LogP contribution in [0.25, 0.3) is 0 Å². The third-order valence-electron chi connectivity index (χ3n) is 1.85. The van der Waals surface area contributed by atoms with E-state index in [2.05, 4.69) is 4.36 Å². The Morgan fingerprint density at radius 2 is 1.71 bits per heavy atom. The fourth-order valence-corrected chi connectivity index (χ4v) is 2.11. The minimum absolute atomic E-state index is 0.0102. The van der Waals surface area contributed by atoms with E-state index in [1.807, 2.05) is 13.8 Å². The van der Waals surface area contributed by atoms with Gasteiger partial charge < -0.3 is 0 Å². The van der Waals surface area contributed by atoms with Gasteiger partial charge >= 0.3 is 0 Å². The van der Waals surface area contributed by atoms with E-state index in [0.29, 0.717) is 17.2 Å². The van der Waals surface area contributed by atoms with Gasteiger partial charge in [-0.25, -0.2) is 4.36 Å². The summed E-state index contributed by atoms with van der Waals surface area (Å²) in [5.41, 5.74) is 0.403. The predicted molar refractivity (Wildman–Crippen MR) is 57.5 cm³/mol. The van der Waals surface area contributed by atoms with Crippen molar-refractivity contribution in [3.8, 4) is 12.1 Å². The molecule has 0 spiro atoms. The molecule has 0 radical (unpaired) electrons. The van der Waals surface area contributed by atoms with Gasteiger partial charge in [0.05, 0.1) is 5.70 Å². The van der Waals surface area contributed by atoms with Gasteiger partial charge in [-0.15, -0.1) is 0 Å². The number of hydrogen-bond donors (Lipinski definition) is 1. The Morgan fingerprint density at radius 1 is 1.29 bits per heavy atom. The predicted octanol–water partition coefficient (Wildman–Crippen LogP) is 2.45. The maximum absolute atomic E-state index is 8.60. The molecule has 14 heavy (non-hydrogen) atoms. The number of hydrogen-bond acceptors (Lipinski definition) is 4. The normalized spacial score (nSPS) is 9.79. The van der Waals surface area contributed by atoms with Gasteiger partial charge in [0, 0.05) is 11.5 Å². The van der Waals surface area contributed by atoms with Gasteiger partial charge in [0.2, 0.25) is 0 Å². The van der Waals surface area contributed by atoms with Crippen molar-refractivity contribution < 1.29 is 0 Å². The quantitative estimate of drug-likeness (QED) is 0.725. The SMILES string of the molecule is CCS(=N)(CC)=NC(C)=C(C#N)C#N. The van der Waals surface area contributed by atoms with Crippen LogP contribution in [0.1, 0.15) is 20.8 Å². The van der Waals surface area contributed by atoms with E-state index in [4.69, 9.17) is 15.3 Å². The topological polar surface area (TPSA) is 83.8 Å². The highest BCUT2D eigenvalue weighted by atomic mass is 32.2. The molecule has 0 rings (SSSR count). The maximum Gasteiger partial charge on any atom is 0.151 e. The molecule has 0 saturated heterocycles. The van der Waals surface area contributed by atoms with E-state index in [1.54, 1.807) is 19.1 Å². The highest BCUT2D eigenvalue weighted by molar-refractivity contribution is 7.94. The molecule has 0 aliphatic rings. The molecule has 0 fully saturated rings. The zero-order valence-corrected chi connectivity index (χ0v) is 9.48. The molecule has 0 aromatic rings. The van der Waals surface area contributed by atoms with Gasteiger partial charge in [0.25, 0.3) is 0 Å². The summed E-state index contributed by atoms with van der Waals surface area (Å²) in [6.45, 7) is 5.42. The van der Waals surface area contributed by atoms with Gasteiger partial charge in [-0.05, 0) is 6.92 Å². The molecule has 0 heterocycles. The van der Waals surface area contributed by atoms with Crippen molar-refractivity contribution in [1.82, 2.24) is 0 Å². The third kappa shape index (κ3) is 3.20. The van der Waals surface area contributed by atoms with Gasteiger partial charge in [0.1, 0.15) is 12.1 Å². The molecule has 0 amide bonds. The second-order valence-electron chi connectivity index (χ2n) is 2.69. The molecule has 0 bridgehead atoms. The Balaban J connectivity index is 5.43. The first-order chi connectivity index (χ1) is 6.52. The standard InChI is InChI=1S/C9H14N4S/c1-4-14(12,5-2)13-8(3)9(6-10)7-11/h12H,4-5H2,1-3H3. The van der Waals surface area contributed by atoms with Crippen LogP contribution in [0.4, 0.5) is 0 Å². The number of nitrogens with zero attached hydrogens (tertiary/aromatic N) is 3. The van der Waals surface area contributed by atoms with Crippen molar-refractivity contribution in [3.63, 3.8) is 0 Å². The van der Waals surface area contributed by atoms with E-state index in [0.717, 1.165) is 0 Å². The molecule has 4 nitrogen and oxygen atoms in total. The van der Waals surface area contributed by atoms with Crippen molar-refractivity contribution in [2.75, 3.05) is 11.5 Å². The van der Waals surface area contributed by atoms with E-state index in [1.165, 1.54) is 0 Å². The number of nitrogens with one attached hydrogen (secondary N) is 1. The zero-order chi connectivity index (χ0) is 11.2. The van der Waals surface area contributed by atoms with Crippen LogP contribution in [0.2, 0.25) is 0 Å². The Labute approximate surface area is 85.5 Å². The molecule has 0 aliphatic carbocycles. The van der Waals surface area contributed by atoms with Gasteiger partial charge in [-0.2, -0.15) is 10.5 Å². The smallest absolute Gasteiger partial charge is 0.151 e. The molecule has 0 aliphatic heterocycles. The number of rotatable bonds is 3. The first-order valence-corrected chi connectivity index (χ1v) is 6.23. The molecule has 0 aromatic heterocycles. The summed E-state index contributed by atoms with van der Waals surface area (Å²) in [7, 11) is -1.76. The molecule has 1 N–H and O–H groups in total. The summed E-state index contributed by atoms with van der Waals surface area (Å²) in [4.78, 5) is 0. The Hall–Kier alpha value is -1.33. The third-order valence-corrected chi connectivity index (χ3v) is 4.39. The van der Waals surface area contributed by atoms with Crippen LogP contribution in [0.15, 0.2) is 15.6 Å². The Morgan fingerprint density at radius 3 is 2.00 bits per heavy atom. The Kier molecular flexibility index (Phi) is 4.90. The molecule has 5 heteroatoms. The summed E-state index contributed by atoms with van der Waals surface area (Å²) in [6.07, 6.45) is 0. The fraction of sp³-hybridized carbons (Fsp3) is 0.556. The van der Waals surface area contributed by atoms with Crippen molar-refractivity contribution in [2.24, 2.45) is 4.36 Å². The Bertz CT molecular complexity index is 399.